The molecule has 2 rings (SSSR count). The predicted molar refractivity (Wildman–Crippen MR) is 139 cm³/mol. The lowest BCUT2D eigenvalue weighted by Gasteiger charge is -2.34. The third kappa shape index (κ3) is 6.98. The smallest absolute Gasteiger partial charge is 0.346 e. The Kier molecular flexibility index (Phi) is 8.94. The first-order chi connectivity index (χ1) is 17.0. The van der Waals surface area contributed by atoms with E-state index >= 15 is 0 Å². The molecule has 0 fully saturated rings. The molecule has 2 aromatic rings. The molecule has 0 aliphatic rings. The third-order valence-corrected chi connectivity index (χ3v) is 7.89. The fourth-order valence-corrected chi connectivity index (χ4v) is 5.92. The van der Waals surface area contributed by atoms with Crippen LogP contribution in [0.25, 0.3) is 0 Å². The average Bonchev–Trinajstić information content (AvgIpc) is 2.70. The Hall–Kier alpha value is -2.36. The highest BCUT2D eigenvalue weighted by Crippen LogP contribution is 2.52. The van der Waals surface area contributed by atoms with Gasteiger partial charge in [-0.1, -0.05) is 18.2 Å². The number of hydrogen-bond donors (Lipinski definition) is 2. The van der Waals surface area contributed by atoms with Crippen LogP contribution in [0, 0.1) is 10.5 Å². The Balaban J connectivity index is 2.43. The molecule has 2 amide bonds. The van der Waals surface area contributed by atoms with E-state index in [2.05, 4.69) is 10.6 Å². The maximum absolute atomic E-state index is 13.5. The van der Waals surface area contributed by atoms with Gasteiger partial charge in [0.2, 0.25) is 0 Å². The molecule has 2 N–H and O–H groups in total. The van der Waals surface area contributed by atoms with Crippen LogP contribution in [0.2, 0.25) is 0 Å². The zero-order valence-corrected chi connectivity index (χ0v) is 23.8. The normalized spacial score (nSPS) is 13.3. The summed E-state index contributed by atoms with van der Waals surface area (Å²) < 4.78 is 104. The van der Waals surface area contributed by atoms with E-state index in [1.165, 1.54) is 39.0 Å². The van der Waals surface area contributed by atoms with Gasteiger partial charge in [0.15, 0.2) is 5.41 Å². The molecule has 2 aromatic carbocycles. The number of nitrogens with one attached hydrogen (secondary N) is 2. The van der Waals surface area contributed by atoms with Gasteiger partial charge < -0.3 is 10.6 Å². The van der Waals surface area contributed by atoms with Crippen LogP contribution >= 0.6 is 22.6 Å². The predicted octanol–water partition coefficient (Wildman–Crippen LogP) is 5.79. The fraction of sp³-hybridized carbons (Fsp3) is 0.417. The van der Waals surface area contributed by atoms with Gasteiger partial charge in [-0.2, -0.15) is 26.3 Å². The maximum atomic E-state index is 13.5. The van der Waals surface area contributed by atoms with Crippen molar-refractivity contribution in [2.75, 3.05) is 17.3 Å². The molecule has 0 bridgehead atoms. The van der Waals surface area contributed by atoms with Crippen molar-refractivity contribution in [1.29, 1.82) is 0 Å². The number of anilines is 1. The average molecular weight is 678 g/mol. The van der Waals surface area contributed by atoms with E-state index in [0.29, 0.717) is 15.7 Å². The molecule has 0 heterocycles. The van der Waals surface area contributed by atoms with Crippen LogP contribution in [-0.2, 0) is 15.3 Å². The summed E-state index contributed by atoms with van der Waals surface area (Å²) in [6.07, 6.45) is -10.3. The first-order valence-electron chi connectivity index (χ1n) is 10.8. The molecule has 14 heteroatoms. The van der Waals surface area contributed by atoms with Crippen molar-refractivity contribution in [3.63, 3.8) is 0 Å². The number of hydrogen-bond acceptors (Lipinski definition) is 4. The second-order valence-corrected chi connectivity index (χ2v) is 13.0. The Labute approximate surface area is 229 Å². The lowest BCUT2D eigenvalue weighted by Crippen LogP contribution is -2.51. The Bertz CT molecular complexity index is 1340. The molecule has 0 radical (unpaired) electrons. The van der Waals surface area contributed by atoms with Gasteiger partial charge in [-0.25, -0.2) is 8.42 Å². The first kappa shape index (κ1) is 31.9. The number of halogens is 7. The minimum atomic E-state index is -5.63. The van der Waals surface area contributed by atoms with Crippen molar-refractivity contribution in [3.8, 4) is 0 Å². The lowest BCUT2D eigenvalue weighted by atomic mass is 9.80. The molecule has 6 nitrogen and oxygen atoms in total. The second kappa shape index (κ2) is 10.7. The van der Waals surface area contributed by atoms with Crippen LogP contribution in [-0.4, -0.2) is 50.1 Å². The summed E-state index contributed by atoms with van der Waals surface area (Å²) in [6, 6.07) is 6.59. The Morgan fingerprint density at radius 2 is 1.47 bits per heavy atom. The summed E-state index contributed by atoms with van der Waals surface area (Å²) >= 11 is 1.81. The van der Waals surface area contributed by atoms with Crippen molar-refractivity contribution < 1.29 is 44.3 Å². The van der Waals surface area contributed by atoms with Gasteiger partial charge in [-0.15, -0.1) is 0 Å². The lowest BCUT2D eigenvalue weighted by molar-refractivity contribution is -0.297. The number of carbonyl (C=O) groups excluding carboxylic acids is 2. The van der Waals surface area contributed by atoms with E-state index in [1.54, 1.807) is 0 Å². The second-order valence-electron chi connectivity index (χ2n) is 9.67. The van der Waals surface area contributed by atoms with E-state index in [9.17, 15) is 44.3 Å². The molecule has 0 aliphatic carbocycles. The van der Waals surface area contributed by atoms with Gasteiger partial charge in [0, 0.05) is 21.1 Å². The van der Waals surface area contributed by atoms with Crippen LogP contribution in [0.4, 0.5) is 32.0 Å². The molecule has 0 unspecified atom stereocenters. The van der Waals surface area contributed by atoms with Gasteiger partial charge >= 0.3 is 12.4 Å². The van der Waals surface area contributed by atoms with Gasteiger partial charge in [0.1, 0.15) is 9.84 Å². The number of carbonyl (C=O) groups is 2. The van der Waals surface area contributed by atoms with E-state index in [-0.39, 0.29) is 35.1 Å². The largest absolute Gasteiger partial charge is 0.406 e. The van der Waals surface area contributed by atoms with Crippen LogP contribution in [0.3, 0.4) is 0 Å². The number of benzene rings is 2. The summed E-state index contributed by atoms with van der Waals surface area (Å²) in [5, 5.41) is 5.00. The molecule has 0 atom stereocenters. The first-order valence-corrected chi connectivity index (χ1v) is 14.0. The molecular weight excluding hydrogens is 653 g/mol. The summed E-state index contributed by atoms with van der Waals surface area (Å²) in [7, 11) is -3.46. The quantitative estimate of drug-likeness (QED) is 0.287. The molecule has 0 aliphatic heterocycles. The van der Waals surface area contributed by atoms with Crippen LogP contribution < -0.4 is 10.6 Å². The summed E-state index contributed by atoms with van der Waals surface area (Å²) in [4.78, 5) is 26.1. The van der Waals surface area contributed by atoms with Crippen molar-refractivity contribution in [2.24, 2.45) is 0 Å². The van der Waals surface area contributed by atoms with Crippen molar-refractivity contribution in [1.82, 2.24) is 5.32 Å². The van der Waals surface area contributed by atoms with E-state index in [4.69, 9.17) is 0 Å². The number of alkyl halides is 6. The third-order valence-electron chi connectivity index (χ3n) is 5.75. The Morgan fingerprint density at radius 1 is 0.921 bits per heavy atom. The molecule has 0 aromatic heterocycles. The number of aryl methyl sites for hydroxylation is 1. The van der Waals surface area contributed by atoms with Crippen LogP contribution in [0.5, 0.6) is 0 Å². The molecule has 0 saturated heterocycles. The van der Waals surface area contributed by atoms with Crippen LogP contribution in [0.15, 0.2) is 36.4 Å². The summed E-state index contributed by atoms with van der Waals surface area (Å²) in [5.41, 5.74) is -6.71. The molecule has 38 heavy (non-hydrogen) atoms. The van der Waals surface area contributed by atoms with E-state index in [1.807, 2.05) is 22.6 Å². The minimum Gasteiger partial charge on any atom is -0.346 e. The van der Waals surface area contributed by atoms with Gasteiger partial charge in [0.05, 0.1) is 16.9 Å². The van der Waals surface area contributed by atoms with E-state index in [0.717, 1.165) is 12.3 Å². The summed E-state index contributed by atoms with van der Waals surface area (Å²) in [6.45, 7) is 4.26. The SMILES string of the molecule is Cc1cc(C(C)(C(F)(F)F)C(F)(F)F)ccc1NC(=O)c1cccc(I)c1C(=O)NC(C)(C)CS(C)(=O)=O. The molecular formula is C24H25F6IN2O4S. The van der Waals surface area contributed by atoms with Gasteiger partial charge in [-0.3, -0.25) is 9.59 Å². The highest BCUT2D eigenvalue weighted by atomic mass is 127. The maximum Gasteiger partial charge on any atom is 0.406 e. The van der Waals surface area contributed by atoms with Crippen molar-refractivity contribution in [3.05, 3.63) is 62.2 Å². The van der Waals surface area contributed by atoms with Gasteiger partial charge in [0.25, 0.3) is 11.8 Å². The number of rotatable bonds is 7. The summed E-state index contributed by atoms with van der Waals surface area (Å²) in [5.74, 6) is -1.97. The number of sulfone groups is 1. The van der Waals surface area contributed by atoms with Gasteiger partial charge in [-0.05, 0) is 79.6 Å². The standard InChI is InChI=1S/C24H25F6IN2O4S/c1-13-11-14(22(4,23(25,26)27)24(28,29)30)9-10-17(13)32-19(34)15-7-6-8-16(31)18(15)20(35)33-21(2,3)12-38(5,36)37/h6-11H,12H2,1-5H3,(H,32,34)(H,33,35). The zero-order valence-electron chi connectivity index (χ0n) is 20.9. The monoisotopic (exact) mass is 678 g/mol. The molecule has 0 spiro atoms. The fourth-order valence-electron chi connectivity index (χ4n) is 3.80. The molecule has 0 saturated carbocycles. The molecule has 210 valence electrons. The van der Waals surface area contributed by atoms with Crippen LogP contribution in [0.1, 0.15) is 52.6 Å². The van der Waals surface area contributed by atoms with Crippen molar-refractivity contribution in [2.45, 2.75) is 51.0 Å². The van der Waals surface area contributed by atoms with E-state index < -0.39 is 50.5 Å². The highest BCUT2D eigenvalue weighted by molar-refractivity contribution is 14.1. The van der Waals surface area contributed by atoms with Crippen molar-refractivity contribution >= 4 is 49.9 Å². The topological polar surface area (TPSA) is 92.3 Å². The number of amides is 2. The Morgan fingerprint density at radius 3 is 1.95 bits per heavy atom. The zero-order chi connectivity index (χ0) is 29.5. The minimum absolute atomic E-state index is 0.0437. The highest BCUT2D eigenvalue weighted by Gasteiger charge is 2.68.